The second-order valence-corrected chi connectivity index (χ2v) is 5.52. The molecule has 0 aromatic carbocycles. The van der Waals surface area contributed by atoms with Gasteiger partial charge in [0, 0.05) is 37.4 Å². The smallest absolute Gasteiger partial charge is 0.279 e. The molecular formula is C14H20N4O3. The van der Waals surface area contributed by atoms with Crippen molar-refractivity contribution in [3.63, 3.8) is 0 Å². The third-order valence-electron chi connectivity index (χ3n) is 3.48. The lowest BCUT2D eigenvalue weighted by Crippen LogP contribution is -2.51. The largest absolute Gasteiger partial charge is 0.346 e. The molecule has 1 saturated heterocycles. The number of carbonyl (C=O) groups excluding carboxylic acids is 2. The van der Waals surface area contributed by atoms with Crippen molar-refractivity contribution in [3.05, 3.63) is 28.4 Å². The number of hydrogen-bond donors (Lipinski definition) is 2. The highest BCUT2D eigenvalue weighted by atomic mass is 16.2. The van der Waals surface area contributed by atoms with Crippen LogP contribution in [0.5, 0.6) is 0 Å². The molecule has 0 radical (unpaired) electrons. The molecule has 1 aromatic heterocycles. The van der Waals surface area contributed by atoms with Crippen LogP contribution in [0.25, 0.3) is 0 Å². The quantitative estimate of drug-likeness (QED) is 0.829. The van der Waals surface area contributed by atoms with Gasteiger partial charge in [-0.15, -0.1) is 0 Å². The van der Waals surface area contributed by atoms with Crippen LogP contribution >= 0.6 is 0 Å². The summed E-state index contributed by atoms with van der Waals surface area (Å²) < 4.78 is 0. The average Bonchev–Trinajstić information content (AvgIpc) is 2.47. The summed E-state index contributed by atoms with van der Waals surface area (Å²) in [7, 11) is 0. The lowest BCUT2D eigenvalue weighted by Gasteiger charge is -2.34. The van der Waals surface area contributed by atoms with Gasteiger partial charge >= 0.3 is 0 Å². The first kappa shape index (κ1) is 15.2. The number of aromatic amines is 1. The van der Waals surface area contributed by atoms with E-state index in [9.17, 15) is 14.4 Å². The average molecular weight is 292 g/mol. The lowest BCUT2D eigenvalue weighted by molar-refractivity contribution is -0.135. The van der Waals surface area contributed by atoms with E-state index in [-0.39, 0.29) is 23.6 Å². The third kappa shape index (κ3) is 3.68. The van der Waals surface area contributed by atoms with Crippen molar-refractivity contribution < 1.29 is 9.59 Å². The van der Waals surface area contributed by atoms with Crippen LogP contribution in [-0.2, 0) is 4.79 Å². The van der Waals surface area contributed by atoms with Gasteiger partial charge in [-0.25, -0.2) is 4.98 Å². The van der Waals surface area contributed by atoms with E-state index in [0.29, 0.717) is 13.1 Å². The molecule has 2 N–H and O–H groups in total. The topological polar surface area (TPSA) is 95.2 Å². The van der Waals surface area contributed by atoms with Crippen molar-refractivity contribution in [2.24, 2.45) is 5.92 Å². The van der Waals surface area contributed by atoms with Crippen LogP contribution in [0, 0.1) is 5.92 Å². The number of nitrogens with zero attached hydrogens (tertiary/aromatic N) is 2. The van der Waals surface area contributed by atoms with Gasteiger partial charge in [0.2, 0.25) is 5.91 Å². The third-order valence-corrected chi connectivity index (χ3v) is 3.48. The van der Waals surface area contributed by atoms with E-state index in [1.165, 1.54) is 12.4 Å². The monoisotopic (exact) mass is 292 g/mol. The molecule has 1 aliphatic heterocycles. The van der Waals surface area contributed by atoms with Gasteiger partial charge in [-0.3, -0.25) is 14.4 Å². The summed E-state index contributed by atoms with van der Waals surface area (Å²) in [6, 6.07) is -0.143. The Labute approximate surface area is 122 Å². The summed E-state index contributed by atoms with van der Waals surface area (Å²) in [6.07, 6.45) is 4.37. The second-order valence-electron chi connectivity index (χ2n) is 5.52. The zero-order valence-electron chi connectivity index (χ0n) is 12.3. The fourth-order valence-corrected chi connectivity index (χ4v) is 2.43. The highest BCUT2D eigenvalue weighted by Crippen LogP contribution is 2.13. The van der Waals surface area contributed by atoms with Gasteiger partial charge in [0.1, 0.15) is 0 Å². The van der Waals surface area contributed by atoms with Gasteiger partial charge in [-0.2, -0.15) is 0 Å². The van der Waals surface area contributed by atoms with E-state index in [2.05, 4.69) is 15.3 Å². The Morgan fingerprint density at radius 3 is 2.90 bits per heavy atom. The number of hydrogen-bond acceptors (Lipinski definition) is 4. The molecular weight excluding hydrogens is 272 g/mol. The second kappa shape index (κ2) is 6.51. The minimum atomic E-state index is -0.513. The molecule has 7 heteroatoms. The van der Waals surface area contributed by atoms with E-state index in [0.717, 1.165) is 12.8 Å². The van der Waals surface area contributed by atoms with Gasteiger partial charge in [-0.05, 0) is 12.8 Å². The number of aromatic nitrogens is 2. The molecule has 2 amide bonds. The number of amides is 2. The van der Waals surface area contributed by atoms with Crippen LogP contribution in [0.4, 0.5) is 0 Å². The van der Waals surface area contributed by atoms with E-state index in [1.807, 2.05) is 13.8 Å². The molecule has 1 atom stereocenters. The Kier molecular flexibility index (Phi) is 4.72. The van der Waals surface area contributed by atoms with Crippen LogP contribution in [0.1, 0.15) is 37.2 Å². The van der Waals surface area contributed by atoms with E-state index in [4.69, 9.17) is 0 Å². The number of carbonyl (C=O) groups is 2. The van der Waals surface area contributed by atoms with Gasteiger partial charge in [0.25, 0.3) is 11.5 Å². The Morgan fingerprint density at radius 1 is 1.48 bits per heavy atom. The van der Waals surface area contributed by atoms with Crippen LogP contribution < -0.4 is 10.9 Å². The molecule has 114 valence electrons. The summed E-state index contributed by atoms with van der Waals surface area (Å²) in [5, 5.41) is 2.78. The fraction of sp³-hybridized carbons (Fsp3) is 0.571. The van der Waals surface area contributed by atoms with Crippen LogP contribution in [0.15, 0.2) is 17.2 Å². The number of likely N-dealkylation sites (tertiary alicyclic amines) is 1. The van der Waals surface area contributed by atoms with Crippen LogP contribution in [-0.4, -0.2) is 45.8 Å². The summed E-state index contributed by atoms with van der Waals surface area (Å²) in [5.74, 6) is -0.469. The van der Waals surface area contributed by atoms with Crippen LogP contribution in [0.2, 0.25) is 0 Å². The zero-order chi connectivity index (χ0) is 15.4. The molecule has 0 aliphatic carbocycles. The van der Waals surface area contributed by atoms with Gasteiger partial charge in [-0.1, -0.05) is 13.8 Å². The van der Waals surface area contributed by atoms with Crippen molar-refractivity contribution in [2.75, 3.05) is 13.1 Å². The predicted molar refractivity (Wildman–Crippen MR) is 76.8 cm³/mol. The first-order valence-electron chi connectivity index (χ1n) is 7.12. The molecule has 21 heavy (non-hydrogen) atoms. The number of H-pyrrole nitrogens is 1. The first-order chi connectivity index (χ1) is 9.99. The van der Waals surface area contributed by atoms with Crippen LogP contribution in [0.3, 0.4) is 0 Å². The molecule has 1 aliphatic rings. The molecule has 0 saturated carbocycles. The maximum absolute atomic E-state index is 12.0. The molecule has 0 unspecified atom stereocenters. The molecule has 7 nitrogen and oxygen atoms in total. The highest BCUT2D eigenvalue weighted by molar-refractivity contribution is 5.92. The maximum Gasteiger partial charge on any atom is 0.279 e. The molecule has 2 rings (SSSR count). The summed E-state index contributed by atoms with van der Waals surface area (Å²) in [6.45, 7) is 4.91. The van der Waals surface area contributed by atoms with Crippen molar-refractivity contribution in [3.8, 4) is 0 Å². The van der Waals surface area contributed by atoms with Gasteiger partial charge in [0.05, 0.1) is 0 Å². The number of rotatable bonds is 3. The lowest BCUT2D eigenvalue weighted by atomic mass is 10.0. The minimum absolute atomic E-state index is 0.0573. The maximum atomic E-state index is 12.0. The Balaban J connectivity index is 2.00. The minimum Gasteiger partial charge on any atom is -0.346 e. The Morgan fingerprint density at radius 2 is 2.24 bits per heavy atom. The molecule has 0 spiro atoms. The van der Waals surface area contributed by atoms with E-state index < -0.39 is 11.5 Å². The SMILES string of the molecule is CC(C)C(=O)N1CCC[C@@H](NC(=O)c2ncc[nH]c2=O)C1. The van der Waals surface area contributed by atoms with Gasteiger partial charge < -0.3 is 15.2 Å². The summed E-state index contributed by atoms with van der Waals surface area (Å²) in [5.41, 5.74) is -0.661. The van der Waals surface area contributed by atoms with Crippen molar-refractivity contribution in [1.29, 1.82) is 0 Å². The molecule has 0 bridgehead atoms. The van der Waals surface area contributed by atoms with E-state index >= 15 is 0 Å². The normalized spacial score (nSPS) is 18.6. The fourth-order valence-electron chi connectivity index (χ4n) is 2.43. The Hall–Kier alpha value is -2.18. The summed E-state index contributed by atoms with van der Waals surface area (Å²) in [4.78, 5) is 43.5. The van der Waals surface area contributed by atoms with E-state index in [1.54, 1.807) is 4.90 Å². The molecule has 1 aromatic rings. The summed E-state index contributed by atoms with van der Waals surface area (Å²) >= 11 is 0. The highest BCUT2D eigenvalue weighted by Gasteiger charge is 2.26. The standard InChI is InChI=1S/C14H20N4O3/c1-9(2)14(21)18-7-3-4-10(8-18)17-13(20)11-12(19)16-6-5-15-11/h5-6,9-10H,3-4,7-8H2,1-2H3,(H,16,19)(H,17,20)/t10-/m1/s1. The zero-order valence-corrected chi connectivity index (χ0v) is 12.3. The number of nitrogens with one attached hydrogen (secondary N) is 2. The first-order valence-corrected chi connectivity index (χ1v) is 7.12. The molecule has 1 fully saturated rings. The van der Waals surface area contributed by atoms with Crippen molar-refractivity contribution in [1.82, 2.24) is 20.2 Å². The predicted octanol–water partition coefficient (Wildman–Crippen LogP) is 0.147. The van der Waals surface area contributed by atoms with Crippen molar-refractivity contribution in [2.45, 2.75) is 32.7 Å². The number of piperidine rings is 1. The molecule has 2 heterocycles. The van der Waals surface area contributed by atoms with Gasteiger partial charge in [0.15, 0.2) is 5.69 Å². The van der Waals surface area contributed by atoms with Crippen molar-refractivity contribution >= 4 is 11.8 Å². The Bertz CT molecular complexity index is 582.